The number of methoxy groups -OCH3 is 2. The SMILES string of the molecule is COc1ccc(OC)c(-c2cc(-c3ccccc3)nc(SCC(=O)N3CCCC3)c2C#N)c1. The quantitative estimate of drug-likeness (QED) is 0.462. The molecule has 6 nitrogen and oxygen atoms in total. The Morgan fingerprint density at radius 1 is 1.06 bits per heavy atom. The fourth-order valence-electron chi connectivity index (χ4n) is 3.92. The average molecular weight is 460 g/mol. The van der Waals surface area contributed by atoms with Gasteiger partial charge < -0.3 is 14.4 Å². The molecule has 33 heavy (non-hydrogen) atoms. The van der Waals surface area contributed by atoms with Crippen molar-refractivity contribution in [3.05, 3.63) is 60.2 Å². The maximum Gasteiger partial charge on any atom is 0.232 e. The number of thioether (sulfide) groups is 1. The predicted molar refractivity (Wildman–Crippen MR) is 129 cm³/mol. The van der Waals surface area contributed by atoms with E-state index >= 15 is 0 Å². The Hall–Kier alpha value is -3.50. The smallest absolute Gasteiger partial charge is 0.232 e. The molecule has 0 unspecified atom stereocenters. The van der Waals surface area contributed by atoms with Gasteiger partial charge in [-0.3, -0.25) is 4.79 Å². The van der Waals surface area contributed by atoms with Crippen LogP contribution >= 0.6 is 11.8 Å². The van der Waals surface area contributed by atoms with Crippen LogP contribution in [0.4, 0.5) is 0 Å². The number of aromatic nitrogens is 1. The lowest BCUT2D eigenvalue weighted by Gasteiger charge is -2.17. The highest BCUT2D eigenvalue weighted by molar-refractivity contribution is 8.00. The lowest BCUT2D eigenvalue weighted by Crippen LogP contribution is -2.29. The van der Waals surface area contributed by atoms with Gasteiger partial charge >= 0.3 is 0 Å². The number of amides is 1. The molecule has 4 rings (SSSR count). The van der Waals surface area contributed by atoms with Crippen molar-refractivity contribution in [2.75, 3.05) is 33.1 Å². The second-order valence-corrected chi connectivity index (χ2v) is 8.62. The van der Waals surface area contributed by atoms with Crippen LogP contribution in [-0.2, 0) is 4.79 Å². The van der Waals surface area contributed by atoms with E-state index in [2.05, 4.69) is 6.07 Å². The molecule has 3 aromatic rings. The molecule has 0 aliphatic carbocycles. The van der Waals surface area contributed by atoms with E-state index < -0.39 is 0 Å². The molecule has 0 spiro atoms. The molecule has 1 fully saturated rings. The fourth-order valence-corrected chi connectivity index (χ4v) is 4.82. The van der Waals surface area contributed by atoms with E-state index in [-0.39, 0.29) is 11.7 Å². The van der Waals surface area contributed by atoms with Gasteiger partial charge in [0.15, 0.2) is 0 Å². The Morgan fingerprint density at radius 2 is 1.82 bits per heavy atom. The van der Waals surface area contributed by atoms with Crippen LogP contribution in [-0.4, -0.2) is 48.9 Å². The third kappa shape index (κ3) is 4.96. The predicted octanol–water partition coefficient (Wildman–Crippen LogP) is 5.02. The molecule has 1 aliphatic heterocycles. The molecule has 1 aliphatic rings. The van der Waals surface area contributed by atoms with Gasteiger partial charge in [0.2, 0.25) is 5.91 Å². The van der Waals surface area contributed by atoms with Crippen molar-refractivity contribution in [1.29, 1.82) is 5.26 Å². The van der Waals surface area contributed by atoms with E-state index in [1.807, 2.05) is 59.5 Å². The summed E-state index contributed by atoms with van der Waals surface area (Å²) in [6, 6.07) is 19.5. The van der Waals surface area contributed by atoms with Gasteiger partial charge in [0, 0.05) is 29.8 Å². The topological polar surface area (TPSA) is 75.5 Å². The molecule has 0 saturated carbocycles. The van der Waals surface area contributed by atoms with Gasteiger partial charge in [0.1, 0.15) is 22.6 Å². The highest BCUT2D eigenvalue weighted by atomic mass is 32.2. The minimum atomic E-state index is 0.0776. The molecule has 7 heteroatoms. The van der Waals surface area contributed by atoms with Gasteiger partial charge in [-0.2, -0.15) is 5.26 Å². The zero-order valence-electron chi connectivity index (χ0n) is 18.7. The largest absolute Gasteiger partial charge is 0.497 e. The first kappa shape index (κ1) is 22.7. The van der Waals surface area contributed by atoms with E-state index in [9.17, 15) is 10.1 Å². The fraction of sp³-hybridized carbons (Fsp3) is 0.269. The summed E-state index contributed by atoms with van der Waals surface area (Å²) in [5, 5.41) is 10.7. The first-order valence-electron chi connectivity index (χ1n) is 10.8. The van der Waals surface area contributed by atoms with Crippen LogP contribution in [0.1, 0.15) is 18.4 Å². The summed E-state index contributed by atoms with van der Waals surface area (Å²) in [5.74, 6) is 1.61. The number of pyridine rings is 1. The lowest BCUT2D eigenvalue weighted by atomic mass is 9.98. The van der Waals surface area contributed by atoms with E-state index in [0.29, 0.717) is 27.7 Å². The summed E-state index contributed by atoms with van der Waals surface area (Å²) in [6.45, 7) is 1.60. The van der Waals surface area contributed by atoms with Crippen LogP contribution in [0, 0.1) is 11.3 Å². The molecular weight excluding hydrogens is 434 g/mol. The summed E-state index contributed by atoms with van der Waals surface area (Å²) in [5.41, 5.74) is 3.50. The Bertz CT molecular complexity index is 1190. The second kappa shape index (κ2) is 10.4. The van der Waals surface area contributed by atoms with Crippen molar-refractivity contribution < 1.29 is 14.3 Å². The maximum absolute atomic E-state index is 12.7. The summed E-state index contributed by atoms with van der Waals surface area (Å²) in [7, 11) is 3.20. The van der Waals surface area contributed by atoms with Crippen molar-refractivity contribution in [1.82, 2.24) is 9.88 Å². The van der Waals surface area contributed by atoms with Gasteiger partial charge in [-0.05, 0) is 37.1 Å². The van der Waals surface area contributed by atoms with Crippen molar-refractivity contribution in [3.8, 4) is 40.0 Å². The Morgan fingerprint density at radius 3 is 2.48 bits per heavy atom. The third-order valence-corrected chi connectivity index (χ3v) is 6.62. The minimum absolute atomic E-state index is 0.0776. The number of nitrogens with zero attached hydrogens (tertiary/aromatic N) is 3. The summed E-state index contributed by atoms with van der Waals surface area (Å²) in [6.07, 6.45) is 2.09. The Balaban J connectivity index is 1.82. The zero-order valence-corrected chi connectivity index (χ0v) is 19.5. The Kier molecular flexibility index (Phi) is 7.16. The molecule has 2 heterocycles. The number of ether oxygens (including phenoxy) is 2. The molecule has 0 atom stereocenters. The zero-order chi connectivity index (χ0) is 23.2. The van der Waals surface area contributed by atoms with Gasteiger partial charge in [-0.1, -0.05) is 42.1 Å². The van der Waals surface area contributed by atoms with E-state index in [1.165, 1.54) is 11.8 Å². The number of carbonyl (C=O) groups is 1. The van der Waals surface area contributed by atoms with E-state index in [4.69, 9.17) is 14.5 Å². The molecule has 1 aromatic heterocycles. The standard InChI is InChI=1S/C26H25N3O3S/c1-31-19-10-11-24(32-2)21(14-19)20-15-23(18-8-4-3-5-9-18)28-26(22(20)16-27)33-17-25(30)29-12-6-7-13-29/h3-5,8-11,14-15H,6-7,12-13,17H2,1-2H3. The van der Waals surface area contributed by atoms with Crippen molar-refractivity contribution in [3.63, 3.8) is 0 Å². The molecule has 1 amide bonds. The number of likely N-dealkylation sites (tertiary alicyclic amines) is 1. The highest BCUT2D eigenvalue weighted by Gasteiger charge is 2.22. The van der Waals surface area contributed by atoms with Gasteiger partial charge in [-0.15, -0.1) is 0 Å². The van der Waals surface area contributed by atoms with Crippen LogP contribution in [0.2, 0.25) is 0 Å². The van der Waals surface area contributed by atoms with Gasteiger partial charge in [-0.25, -0.2) is 4.98 Å². The van der Waals surface area contributed by atoms with E-state index in [0.717, 1.165) is 42.8 Å². The highest BCUT2D eigenvalue weighted by Crippen LogP contribution is 2.40. The second-order valence-electron chi connectivity index (χ2n) is 7.66. The number of hydrogen-bond donors (Lipinski definition) is 0. The molecule has 0 bridgehead atoms. The summed E-state index contributed by atoms with van der Waals surface area (Å²) in [4.78, 5) is 19.3. The van der Waals surface area contributed by atoms with Crippen molar-refractivity contribution in [2.45, 2.75) is 17.9 Å². The third-order valence-electron chi connectivity index (χ3n) is 5.66. The number of rotatable bonds is 7. The van der Waals surface area contributed by atoms with Gasteiger partial charge in [0.05, 0.1) is 31.2 Å². The van der Waals surface area contributed by atoms with Crippen molar-refractivity contribution >= 4 is 17.7 Å². The lowest BCUT2D eigenvalue weighted by molar-refractivity contribution is -0.127. The van der Waals surface area contributed by atoms with Gasteiger partial charge in [0.25, 0.3) is 0 Å². The van der Waals surface area contributed by atoms with Crippen LogP contribution in [0.5, 0.6) is 11.5 Å². The van der Waals surface area contributed by atoms with Crippen LogP contribution in [0.15, 0.2) is 59.6 Å². The maximum atomic E-state index is 12.7. The summed E-state index contributed by atoms with van der Waals surface area (Å²) < 4.78 is 11.0. The number of nitriles is 1. The van der Waals surface area contributed by atoms with E-state index in [1.54, 1.807) is 14.2 Å². The molecule has 0 N–H and O–H groups in total. The monoisotopic (exact) mass is 459 g/mol. The molecule has 0 radical (unpaired) electrons. The van der Waals surface area contributed by atoms with Crippen LogP contribution in [0.25, 0.3) is 22.4 Å². The molecule has 2 aromatic carbocycles. The first-order chi connectivity index (χ1) is 16.1. The first-order valence-corrected chi connectivity index (χ1v) is 11.8. The number of carbonyl (C=O) groups excluding carboxylic acids is 1. The average Bonchev–Trinajstić information content (AvgIpc) is 3.42. The number of hydrogen-bond acceptors (Lipinski definition) is 6. The van der Waals surface area contributed by atoms with Crippen LogP contribution < -0.4 is 9.47 Å². The minimum Gasteiger partial charge on any atom is -0.497 e. The molecular formula is C26H25N3O3S. The molecule has 1 saturated heterocycles. The summed E-state index contributed by atoms with van der Waals surface area (Å²) >= 11 is 1.31. The van der Waals surface area contributed by atoms with Crippen molar-refractivity contribution in [2.24, 2.45) is 0 Å². The van der Waals surface area contributed by atoms with Crippen LogP contribution in [0.3, 0.4) is 0 Å². The Labute approximate surface area is 198 Å². The normalized spacial score (nSPS) is 12.9. The molecule has 168 valence electrons. The number of benzene rings is 2.